The lowest BCUT2D eigenvalue weighted by Crippen LogP contribution is -2.42. The molecule has 0 saturated heterocycles. The maximum atomic E-state index is 12.0. The van der Waals surface area contributed by atoms with E-state index in [1.165, 1.54) is 0 Å². The molecule has 16 heavy (non-hydrogen) atoms. The molecule has 0 amide bonds. The minimum Gasteiger partial charge on any atom is -0.257 e. The lowest BCUT2D eigenvalue weighted by atomic mass is 9.97. The molecule has 1 saturated carbocycles. The molecule has 0 aliphatic heterocycles. The van der Waals surface area contributed by atoms with Crippen LogP contribution < -0.4 is 0 Å². The summed E-state index contributed by atoms with van der Waals surface area (Å²) in [5.74, 6) is 0. The third kappa shape index (κ3) is 3.15. The number of rotatable bonds is 2. The number of hydrogen-bond donors (Lipinski definition) is 0. The number of hydrogen-bond acceptors (Lipinski definition) is 3. The van der Waals surface area contributed by atoms with E-state index in [4.69, 9.17) is 23.2 Å². The highest BCUT2D eigenvalue weighted by atomic mass is 35.5. The van der Waals surface area contributed by atoms with Crippen LogP contribution >= 0.6 is 23.2 Å². The lowest BCUT2D eigenvalue weighted by molar-refractivity contribution is -0.0581. The van der Waals surface area contributed by atoms with Crippen molar-refractivity contribution in [1.29, 1.82) is 0 Å². The van der Waals surface area contributed by atoms with Crippen molar-refractivity contribution in [3.8, 4) is 0 Å². The van der Waals surface area contributed by atoms with Gasteiger partial charge in [0.15, 0.2) is 0 Å². The van der Waals surface area contributed by atoms with Crippen molar-refractivity contribution < 1.29 is 25.8 Å². The van der Waals surface area contributed by atoms with E-state index in [0.717, 1.165) is 0 Å². The summed E-state index contributed by atoms with van der Waals surface area (Å²) in [7, 11) is -5.63. The summed E-state index contributed by atoms with van der Waals surface area (Å²) < 4.78 is 61.7. The van der Waals surface area contributed by atoms with Gasteiger partial charge in [0.2, 0.25) is 0 Å². The summed E-state index contributed by atoms with van der Waals surface area (Å²) in [6.07, 6.45) is 0.0589. The molecule has 1 aliphatic carbocycles. The van der Waals surface area contributed by atoms with Gasteiger partial charge in [-0.05, 0) is 12.8 Å². The van der Waals surface area contributed by atoms with Crippen molar-refractivity contribution in [1.82, 2.24) is 0 Å². The van der Waals surface area contributed by atoms with Crippen molar-refractivity contribution in [2.24, 2.45) is 0 Å². The van der Waals surface area contributed by atoms with E-state index in [-0.39, 0.29) is 0 Å². The van der Waals surface area contributed by atoms with Crippen LogP contribution in [0.2, 0.25) is 0 Å². The highest BCUT2D eigenvalue weighted by Crippen LogP contribution is 2.34. The molecule has 0 aromatic rings. The summed E-state index contributed by atoms with van der Waals surface area (Å²) in [5.41, 5.74) is -5.45. The molecule has 0 bridgehead atoms. The molecule has 1 aliphatic rings. The largest absolute Gasteiger partial charge is 0.523 e. The van der Waals surface area contributed by atoms with Crippen molar-refractivity contribution >= 4 is 33.3 Å². The first-order valence-corrected chi connectivity index (χ1v) is 6.71. The SMILES string of the molecule is O=S(=O)(OC1C(Cl)CCCC1Cl)C(F)(F)F. The Morgan fingerprint density at radius 1 is 1.12 bits per heavy atom. The van der Waals surface area contributed by atoms with Crippen LogP contribution in [0.15, 0.2) is 0 Å². The Bertz CT molecular complexity index is 333. The van der Waals surface area contributed by atoms with Crippen LogP contribution in [0.25, 0.3) is 0 Å². The van der Waals surface area contributed by atoms with E-state index in [1.54, 1.807) is 0 Å². The van der Waals surface area contributed by atoms with Crippen molar-refractivity contribution in [3.63, 3.8) is 0 Å². The van der Waals surface area contributed by atoms with Gasteiger partial charge in [-0.15, -0.1) is 23.2 Å². The third-order valence-electron chi connectivity index (χ3n) is 2.19. The van der Waals surface area contributed by atoms with Gasteiger partial charge in [-0.25, -0.2) is 0 Å². The highest BCUT2D eigenvalue weighted by molar-refractivity contribution is 7.87. The van der Waals surface area contributed by atoms with Gasteiger partial charge in [-0.1, -0.05) is 6.42 Å². The monoisotopic (exact) mass is 300 g/mol. The molecule has 1 rings (SSSR count). The van der Waals surface area contributed by atoms with Crippen LogP contribution in [0, 0.1) is 0 Å². The third-order valence-corrected chi connectivity index (χ3v) is 4.17. The van der Waals surface area contributed by atoms with Gasteiger partial charge in [-0.3, -0.25) is 4.18 Å². The lowest BCUT2D eigenvalue weighted by Gasteiger charge is -2.30. The molecule has 2 atom stereocenters. The average Bonchev–Trinajstić information content (AvgIpc) is 2.10. The molecule has 0 radical (unpaired) electrons. The minimum atomic E-state index is -5.63. The van der Waals surface area contributed by atoms with E-state index in [9.17, 15) is 21.6 Å². The molecule has 1 fully saturated rings. The molecule has 0 N–H and O–H groups in total. The van der Waals surface area contributed by atoms with Gasteiger partial charge >= 0.3 is 15.6 Å². The number of alkyl halides is 5. The van der Waals surface area contributed by atoms with Crippen molar-refractivity contribution in [2.75, 3.05) is 0 Å². The highest BCUT2D eigenvalue weighted by Gasteiger charge is 2.50. The Balaban J connectivity index is 2.80. The van der Waals surface area contributed by atoms with E-state index in [1.807, 2.05) is 0 Å². The zero-order valence-corrected chi connectivity index (χ0v) is 10.2. The first-order valence-electron chi connectivity index (χ1n) is 4.43. The fraction of sp³-hybridized carbons (Fsp3) is 1.00. The normalized spacial score (nSPS) is 32.7. The first kappa shape index (κ1) is 14.3. The van der Waals surface area contributed by atoms with Crippen LogP contribution in [-0.4, -0.2) is 30.8 Å². The van der Waals surface area contributed by atoms with Gasteiger partial charge in [-0.2, -0.15) is 21.6 Å². The number of halogens is 5. The van der Waals surface area contributed by atoms with E-state index in [0.29, 0.717) is 19.3 Å². The second kappa shape index (κ2) is 4.88. The summed E-state index contributed by atoms with van der Waals surface area (Å²) >= 11 is 11.4. The summed E-state index contributed by atoms with van der Waals surface area (Å²) in [5, 5.41) is -1.65. The van der Waals surface area contributed by atoms with E-state index >= 15 is 0 Å². The van der Waals surface area contributed by atoms with Crippen LogP contribution in [0.1, 0.15) is 19.3 Å². The Morgan fingerprint density at radius 2 is 1.56 bits per heavy atom. The molecule has 0 spiro atoms. The topological polar surface area (TPSA) is 43.4 Å². The smallest absolute Gasteiger partial charge is 0.257 e. The van der Waals surface area contributed by atoms with Gasteiger partial charge < -0.3 is 0 Å². The first-order chi connectivity index (χ1) is 7.15. The minimum absolute atomic E-state index is 0.378. The van der Waals surface area contributed by atoms with Crippen LogP contribution in [0.4, 0.5) is 13.2 Å². The molecule has 9 heteroatoms. The zero-order valence-electron chi connectivity index (χ0n) is 7.88. The maximum Gasteiger partial charge on any atom is 0.523 e. The predicted molar refractivity (Wildman–Crippen MR) is 53.0 cm³/mol. The molecule has 2 unspecified atom stereocenters. The van der Waals surface area contributed by atoms with Crippen LogP contribution in [0.3, 0.4) is 0 Å². The Morgan fingerprint density at radius 3 is 1.94 bits per heavy atom. The maximum absolute atomic E-state index is 12.0. The van der Waals surface area contributed by atoms with Gasteiger partial charge in [0.05, 0.1) is 10.8 Å². The Hall–Kier alpha value is 0.280. The quantitative estimate of drug-likeness (QED) is 0.447. The zero-order chi connectivity index (χ0) is 12.6. The summed E-state index contributed by atoms with van der Waals surface area (Å²) in [4.78, 5) is 0. The Kier molecular flexibility index (Phi) is 4.37. The van der Waals surface area contributed by atoms with Crippen LogP contribution in [0.5, 0.6) is 0 Å². The van der Waals surface area contributed by atoms with Gasteiger partial charge in [0, 0.05) is 0 Å². The van der Waals surface area contributed by atoms with Crippen LogP contribution in [-0.2, 0) is 14.3 Å². The summed E-state index contributed by atoms with van der Waals surface area (Å²) in [6, 6.07) is 0. The van der Waals surface area contributed by atoms with Crippen molar-refractivity contribution in [2.45, 2.75) is 41.6 Å². The van der Waals surface area contributed by atoms with Crippen molar-refractivity contribution in [3.05, 3.63) is 0 Å². The molecule has 0 heterocycles. The molecule has 0 aromatic carbocycles. The molecular formula is C7H9Cl2F3O3S. The molecular weight excluding hydrogens is 292 g/mol. The molecule has 0 aromatic heterocycles. The van der Waals surface area contributed by atoms with E-state index < -0.39 is 32.5 Å². The standard InChI is InChI=1S/C7H9Cl2F3O3S/c8-4-2-1-3-5(9)6(4)15-16(13,14)7(10,11)12/h4-6H,1-3H2. The Labute approximate surface area is 101 Å². The second-order valence-corrected chi connectivity index (χ2v) is 6.11. The molecule has 96 valence electrons. The average molecular weight is 301 g/mol. The van der Waals surface area contributed by atoms with Gasteiger partial charge in [0.1, 0.15) is 6.10 Å². The fourth-order valence-corrected chi connectivity index (χ4v) is 3.01. The second-order valence-electron chi connectivity index (χ2n) is 3.42. The summed E-state index contributed by atoms with van der Waals surface area (Å²) in [6.45, 7) is 0. The fourth-order valence-electron chi connectivity index (χ4n) is 1.38. The predicted octanol–water partition coefficient (Wildman–Crippen LogP) is 2.62. The molecule has 3 nitrogen and oxygen atoms in total. The van der Waals surface area contributed by atoms with Gasteiger partial charge in [0.25, 0.3) is 0 Å². The van der Waals surface area contributed by atoms with E-state index in [2.05, 4.69) is 4.18 Å².